The van der Waals surface area contributed by atoms with Crippen molar-refractivity contribution in [2.75, 3.05) is 19.3 Å². The summed E-state index contributed by atoms with van der Waals surface area (Å²) in [4.78, 5) is 14.0. The monoisotopic (exact) mass is 235 g/mol. The average Bonchev–Trinajstić information content (AvgIpc) is 2.83. The maximum absolute atomic E-state index is 11.6. The summed E-state index contributed by atoms with van der Waals surface area (Å²) in [7, 11) is 2.15. The number of hydrogen-bond acceptors (Lipinski definition) is 3. The maximum atomic E-state index is 11.6. The summed E-state index contributed by atoms with van der Waals surface area (Å²) in [5, 5.41) is 0. The summed E-state index contributed by atoms with van der Waals surface area (Å²) < 4.78 is 1.70. The molecule has 1 fully saturated rings. The second-order valence-corrected chi connectivity index (χ2v) is 4.91. The van der Waals surface area contributed by atoms with Crippen LogP contribution in [0.5, 0.6) is 0 Å². The van der Waals surface area contributed by atoms with Gasteiger partial charge in [-0.1, -0.05) is 12.8 Å². The van der Waals surface area contributed by atoms with Gasteiger partial charge in [0.05, 0.1) is 0 Å². The van der Waals surface area contributed by atoms with Crippen LogP contribution in [0.3, 0.4) is 0 Å². The van der Waals surface area contributed by atoms with Crippen molar-refractivity contribution in [3.05, 3.63) is 28.7 Å². The molecule has 4 nitrogen and oxygen atoms in total. The van der Waals surface area contributed by atoms with Crippen LogP contribution in [-0.2, 0) is 6.54 Å². The highest BCUT2D eigenvalue weighted by Gasteiger charge is 2.18. The van der Waals surface area contributed by atoms with Crippen molar-refractivity contribution in [2.45, 2.75) is 38.3 Å². The number of rotatable bonds is 4. The molecule has 2 rings (SSSR count). The fourth-order valence-electron chi connectivity index (χ4n) is 2.52. The molecular formula is C13H21N3O. The van der Waals surface area contributed by atoms with Gasteiger partial charge in [-0.15, -0.1) is 0 Å². The third-order valence-electron chi connectivity index (χ3n) is 3.65. The highest BCUT2D eigenvalue weighted by atomic mass is 16.1. The molecule has 0 radical (unpaired) electrons. The van der Waals surface area contributed by atoms with Crippen LogP contribution in [0.2, 0.25) is 0 Å². The number of anilines is 1. The minimum atomic E-state index is 0.0269. The van der Waals surface area contributed by atoms with Gasteiger partial charge in [0, 0.05) is 37.1 Å². The Kier molecular flexibility index (Phi) is 3.84. The molecule has 0 atom stereocenters. The van der Waals surface area contributed by atoms with E-state index in [1.165, 1.54) is 31.7 Å². The van der Waals surface area contributed by atoms with Gasteiger partial charge in [-0.05, 0) is 26.0 Å². The molecule has 0 bridgehead atoms. The van der Waals surface area contributed by atoms with Crippen molar-refractivity contribution < 1.29 is 0 Å². The molecule has 4 heteroatoms. The largest absolute Gasteiger partial charge is 0.398 e. The van der Waals surface area contributed by atoms with Crippen molar-refractivity contribution in [1.29, 1.82) is 0 Å². The number of likely N-dealkylation sites (N-methyl/N-ethyl adjacent to an activating group) is 1. The summed E-state index contributed by atoms with van der Waals surface area (Å²) in [5.41, 5.74) is 6.36. The van der Waals surface area contributed by atoms with Crippen LogP contribution in [0.25, 0.3) is 0 Å². The van der Waals surface area contributed by atoms with Crippen molar-refractivity contribution in [2.24, 2.45) is 0 Å². The second-order valence-electron chi connectivity index (χ2n) is 4.91. The van der Waals surface area contributed by atoms with Crippen molar-refractivity contribution >= 4 is 5.69 Å². The van der Waals surface area contributed by atoms with E-state index in [1.54, 1.807) is 16.8 Å². The number of nitrogens with two attached hydrogens (primary N) is 1. The third kappa shape index (κ3) is 3.09. The number of nitrogens with zero attached hydrogens (tertiary/aromatic N) is 2. The zero-order valence-electron chi connectivity index (χ0n) is 10.4. The minimum absolute atomic E-state index is 0.0269. The van der Waals surface area contributed by atoms with Crippen LogP contribution >= 0.6 is 0 Å². The average molecular weight is 235 g/mol. The van der Waals surface area contributed by atoms with Gasteiger partial charge in [0.1, 0.15) is 0 Å². The summed E-state index contributed by atoms with van der Waals surface area (Å²) >= 11 is 0. The summed E-state index contributed by atoms with van der Waals surface area (Å²) in [6.07, 6.45) is 7.00. The topological polar surface area (TPSA) is 51.3 Å². The highest BCUT2D eigenvalue weighted by Crippen LogP contribution is 2.22. The molecule has 94 valence electrons. The summed E-state index contributed by atoms with van der Waals surface area (Å²) in [5.74, 6) is 0. The normalized spacial score (nSPS) is 16.8. The predicted octanol–water partition coefficient (Wildman–Crippen LogP) is 1.30. The van der Waals surface area contributed by atoms with Gasteiger partial charge >= 0.3 is 0 Å². The molecule has 1 aromatic heterocycles. The van der Waals surface area contributed by atoms with Crippen LogP contribution in [0, 0.1) is 0 Å². The Morgan fingerprint density at radius 1 is 1.41 bits per heavy atom. The van der Waals surface area contributed by atoms with Gasteiger partial charge in [-0.3, -0.25) is 4.79 Å². The molecule has 0 saturated heterocycles. The first-order chi connectivity index (χ1) is 8.16. The summed E-state index contributed by atoms with van der Waals surface area (Å²) in [6.45, 7) is 1.63. The van der Waals surface area contributed by atoms with Crippen molar-refractivity contribution in [1.82, 2.24) is 9.47 Å². The molecule has 0 unspecified atom stereocenters. The van der Waals surface area contributed by atoms with E-state index < -0.39 is 0 Å². The van der Waals surface area contributed by atoms with E-state index in [-0.39, 0.29) is 5.56 Å². The first-order valence-corrected chi connectivity index (χ1v) is 6.33. The predicted molar refractivity (Wildman–Crippen MR) is 70.0 cm³/mol. The Morgan fingerprint density at radius 3 is 2.82 bits per heavy atom. The second kappa shape index (κ2) is 5.36. The fraction of sp³-hybridized carbons (Fsp3) is 0.615. The molecule has 0 aromatic carbocycles. The molecule has 1 aliphatic carbocycles. The van der Waals surface area contributed by atoms with Gasteiger partial charge < -0.3 is 15.2 Å². The van der Waals surface area contributed by atoms with E-state index in [2.05, 4.69) is 11.9 Å². The lowest BCUT2D eigenvalue weighted by atomic mass is 10.2. The highest BCUT2D eigenvalue weighted by molar-refractivity contribution is 5.33. The van der Waals surface area contributed by atoms with Crippen molar-refractivity contribution in [3.63, 3.8) is 0 Å². The molecule has 0 amide bonds. The van der Waals surface area contributed by atoms with Crippen LogP contribution in [0.15, 0.2) is 23.1 Å². The smallest absolute Gasteiger partial charge is 0.250 e. The molecule has 0 spiro atoms. The van der Waals surface area contributed by atoms with Crippen LogP contribution in [-0.4, -0.2) is 29.1 Å². The lowest BCUT2D eigenvalue weighted by molar-refractivity contribution is 0.235. The minimum Gasteiger partial charge on any atom is -0.398 e. The van der Waals surface area contributed by atoms with Gasteiger partial charge in [-0.25, -0.2) is 0 Å². The molecule has 0 aliphatic heterocycles. The standard InChI is InChI=1S/C13H21N3O/c1-15(12-4-2-3-5-12)8-9-16-10-11(14)6-7-13(16)17/h6-7,10,12H,2-5,8-9,14H2,1H3. The van der Waals surface area contributed by atoms with E-state index in [1.807, 2.05) is 0 Å². The van der Waals surface area contributed by atoms with Crippen LogP contribution in [0.4, 0.5) is 5.69 Å². The Morgan fingerprint density at radius 2 is 2.12 bits per heavy atom. The van der Waals surface area contributed by atoms with Gasteiger partial charge in [-0.2, -0.15) is 0 Å². The van der Waals surface area contributed by atoms with Crippen molar-refractivity contribution in [3.8, 4) is 0 Å². The number of nitrogen functional groups attached to an aromatic ring is 1. The first kappa shape index (κ1) is 12.2. The first-order valence-electron chi connectivity index (χ1n) is 6.33. The van der Waals surface area contributed by atoms with Crippen LogP contribution in [0.1, 0.15) is 25.7 Å². The van der Waals surface area contributed by atoms with E-state index in [0.717, 1.165) is 13.1 Å². The quantitative estimate of drug-likeness (QED) is 0.856. The zero-order chi connectivity index (χ0) is 12.3. The van der Waals surface area contributed by atoms with E-state index in [0.29, 0.717) is 11.7 Å². The van der Waals surface area contributed by atoms with Gasteiger partial charge in [0.2, 0.25) is 0 Å². The lowest BCUT2D eigenvalue weighted by Gasteiger charge is -2.24. The van der Waals surface area contributed by atoms with E-state index >= 15 is 0 Å². The molecule has 1 aromatic rings. The van der Waals surface area contributed by atoms with Gasteiger partial charge in [0.25, 0.3) is 5.56 Å². The van der Waals surface area contributed by atoms with E-state index in [4.69, 9.17) is 5.73 Å². The van der Waals surface area contributed by atoms with E-state index in [9.17, 15) is 4.79 Å². The molecule has 1 aliphatic rings. The molecule has 1 heterocycles. The third-order valence-corrected chi connectivity index (χ3v) is 3.65. The van der Waals surface area contributed by atoms with Gasteiger partial charge in [0.15, 0.2) is 0 Å². The number of aromatic nitrogens is 1. The Hall–Kier alpha value is -1.29. The Balaban J connectivity index is 1.92. The lowest BCUT2D eigenvalue weighted by Crippen LogP contribution is -2.34. The SMILES string of the molecule is CN(CCn1cc(N)ccc1=O)C1CCCC1. The Labute approximate surface area is 102 Å². The molecular weight excluding hydrogens is 214 g/mol. The number of pyridine rings is 1. The van der Waals surface area contributed by atoms with Crippen LogP contribution < -0.4 is 11.3 Å². The Bertz CT molecular complexity index is 421. The maximum Gasteiger partial charge on any atom is 0.250 e. The number of hydrogen-bond donors (Lipinski definition) is 1. The molecule has 1 saturated carbocycles. The molecule has 2 N–H and O–H groups in total. The summed E-state index contributed by atoms with van der Waals surface area (Å²) in [6, 6.07) is 3.89. The fourth-order valence-corrected chi connectivity index (χ4v) is 2.52. The zero-order valence-corrected chi connectivity index (χ0v) is 10.4. The molecule has 17 heavy (non-hydrogen) atoms.